The zero-order valence-corrected chi connectivity index (χ0v) is 11.9. The molecule has 21 heavy (non-hydrogen) atoms. The summed E-state index contributed by atoms with van der Waals surface area (Å²) in [7, 11) is 0. The lowest BCUT2D eigenvalue weighted by Crippen LogP contribution is -2.34. The van der Waals surface area contributed by atoms with Gasteiger partial charge in [0.15, 0.2) is 0 Å². The first-order valence-corrected chi connectivity index (χ1v) is 6.82. The molecule has 1 amide bonds. The highest BCUT2D eigenvalue weighted by Crippen LogP contribution is 2.09. The van der Waals surface area contributed by atoms with E-state index in [1.807, 2.05) is 37.3 Å². The van der Waals surface area contributed by atoms with Crippen molar-refractivity contribution in [2.24, 2.45) is 5.73 Å². The number of hydrogen-bond acceptors (Lipinski definition) is 3. The van der Waals surface area contributed by atoms with E-state index in [0.29, 0.717) is 17.5 Å². The Hall–Kier alpha value is -2.51. The minimum Gasteiger partial charge on any atom is -0.469 e. The van der Waals surface area contributed by atoms with Crippen LogP contribution in [0.25, 0.3) is 0 Å². The highest BCUT2D eigenvalue weighted by atomic mass is 16.3. The highest BCUT2D eigenvalue weighted by Gasteiger charge is 2.13. The molecule has 3 N–H and O–H groups in total. The third kappa shape index (κ3) is 4.23. The number of nitrogens with two attached hydrogens (primary N) is 1. The molecule has 108 valence electrons. The number of amides is 1. The second-order valence-electron chi connectivity index (χ2n) is 4.71. The Morgan fingerprint density at radius 1 is 1.33 bits per heavy atom. The van der Waals surface area contributed by atoms with Crippen molar-refractivity contribution >= 4 is 5.91 Å². The molecule has 1 heterocycles. The van der Waals surface area contributed by atoms with Crippen LogP contribution in [-0.4, -0.2) is 18.5 Å². The molecule has 0 radical (unpaired) electrons. The van der Waals surface area contributed by atoms with Crippen LogP contribution in [0.15, 0.2) is 47.1 Å². The van der Waals surface area contributed by atoms with Crippen LogP contribution in [-0.2, 0) is 6.42 Å². The summed E-state index contributed by atoms with van der Waals surface area (Å²) in [5.74, 6) is 6.39. The molecule has 4 heteroatoms. The summed E-state index contributed by atoms with van der Waals surface area (Å²) in [6.07, 6.45) is 2.27. The maximum absolute atomic E-state index is 12.3. The molecular formula is C17H18N2O2. The second kappa shape index (κ2) is 7.32. The van der Waals surface area contributed by atoms with Crippen LogP contribution in [0, 0.1) is 11.8 Å². The van der Waals surface area contributed by atoms with E-state index in [1.165, 1.54) is 0 Å². The Morgan fingerprint density at radius 2 is 2.14 bits per heavy atom. The van der Waals surface area contributed by atoms with Crippen LogP contribution in [0.2, 0.25) is 0 Å². The van der Waals surface area contributed by atoms with Gasteiger partial charge in [0.1, 0.15) is 5.76 Å². The maximum atomic E-state index is 12.3. The Bertz CT molecular complexity index is 651. The minimum absolute atomic E-state index is 0.0285. The molecular weight excluding hydrogens is 264 g/mol. The van der Waals surface area contributed by atoms with Crippen molar-refractivity contribution in [3.8, 4) is 11.8 Å². The van der Waals surface area contributed by atoms with Crippen LogP contribution >= 0.6 is 0 Å². The Labute approximate surface area is 124 Å². The van der Waals surface area contributed by atoms with Crippen molar-refractivity contribution in [1.82, 2.24) is 5.32 Å². The van der Waals surface area contributed by atoms with E-state index in [9.17, 15) is 4.79 Å². The van der Waals surface area contributed by atoms with Crippen LogP contribution in [0.5, 0.6) is 0 Å². The largest absolute Gasteiger partial charge is 0.469 e. The molecule has 1 atom stereocenters. The van der Waals surface area contributed by atoms with Crippen LogP contribution in [0.4, 0.5) is 0 Å². The fourth-order valence-corrected chi connectivity index (χ4v) is 2.02. The quantitative estimate of drug-likeness (QED) is 0.842. The van der Waals surface area contributed by atoms with Crippen molar-refractivity contribution in [2.45, 2.75) is 19.4 Å². The molecule has 0 spiro atoms. The lowest BCUT2D eigenvalue weighted by Gasteiger charge is -2.13. The fourth-order valence-electron chi connectivity index (χ4n) is 2.02. The van der Waals surface area contributed by atoms with Gasteiger partial charge in [-0.15, -0.1) is 0 Å². The lowest BCUT2D eigenvalue weighted by atomic mass is 10.1. The molecule has 1 aromatic heterocycles. The predicted molar refractivity (Wildman–Crippen MR) is 81.7 cm³/mol. The standard InChI is InChI=1S/C17H18N2O2/c1-13(12-15-8-5-11-21-15)19-17(20)16-9-3-2-6-14(16)7-4-10-18/h2-3,5-6,8-9,11,13H,10,12,18H2,1H3,(H,19,20). The lowest BCUT2D eigenvalue weighted by molar-refractivity contribution is 0.0939. The number of furan rings is 1. The smallest absolute Gasteiger partial charge is 0.252 e. The molecule has 0 aliphatic rings. The van der Waals surface area contributed by atoms with E-state index in [2.05, 4.69) is 17.2 Å². The summed E-state index contributed by atoms with van der Waals surface area (Å²) in [5, 5.41) is 2.95. The normalized spacial score (nSPS) is 11.3. The number of rotatable bonds is 4. The summed E-state index contributed by atoms with van der Waals surface area (Å²) in [5.41, 5.74) is 6.62. The van der Waals surface area contributed by atoms with E-state index in [1.54, 1.807) is 12.3 Å². The molecule has 1 unspecified atom stereocenters. The molecule has 4 nitrogen and oxygen atoms in total. The Kier molecular flexibility index (Phi) is 5.19. The maximum Gasteiger partial charge on any atom is 0.252 e. The van der Waals surface area contributed by atoms with Gasteiger partial charge in [-0.25, -0.2) is 0 Å². The first kappa shape index (κ1) is 14.9. The number of nitrogens with one attached hydrogen (secondary N) is 1. The molecule has 1 aromatic carbocycles. The molecule has 0 aliphatic heterocycles. The van der Waals surface area contributed by atoms with Crippen LogP contribution < -0.4 is 11.1 Å². The number of carbonyl (C=O) groups excluding carboxylic acids is 1. The van der Waals surface area contributed by atoms with Gasteiger partial charge in [-0.2, -0.15) is 0 Å². The van der Waals surface area contributed by atoms with Gasteiger partial charge in [-0.3, -0.25) is 4.79 Å². The summed E-state index contributed by atoms with van der Waals surface area (Å²) in [6.45, 7) is 2.21. The first-order chi connectivity index (χ1) is 10.2. The van der Waals surface area contributed by atoms with Gasteiger partial charge in [0.2, 0.25) is 0 Å². The summed E-state index contributed by atoms with van der Waals surface area (Å²) < 4.78 is 5.28. The van der Waals surface area contributed by atoms with Gasteiger partial charge in [0, 0.05) is 18.0 Å². The topological polar surface area (TPSA) is 68.3 Å². The van der Waals surface area contributed by atoms with E-state index < -0.39 is 0 Å². The SMILES string of the molecule is CC(Cc1ccco1)NC(=O)c1ccccc1C#CCN. The van der Waals surface area contributed by atoms with E-state index in [4.69, 9.17) is 10.2 Å². The zero-order valence-electron chi connectivity index (χ0n) is 11.9. The van der Waals surface area contributed by atoms with Gasteiger partial charge in [-0.1, -0.05) is 24.0 Å². The summed E-state index contributed by atoms with van der Waals surface area (Å²) in [4.78, 5) is 12.3. The number of hydrogen-bond donors (Lipinski definition) is 2. The third-order valence-corrected chi connectivity index (χ3v) is 2.96. The zero-order chi connectivity index (χ0) is 15.1. The summed E-state index contributed by atoms with van der Waals surface area (Å²) >= 11 is 0. The monoisotopic (exact) mass is 282 g/mol. The van der Waals surface area contributed by atoms with Gasteiger partial charge >= 0.3 is 0 Å². The van der Waals surface area contributed by atoms with Gasteiger partial charge < -0.3 is 15.5 Å². The molecule has 0 fully saturated rings. The highest BCUT2D eigenvalue weighted by molar-refractivity contribution is 5.96. The minimum atomic E-state index is -0.143. The molecule has 0 aliphatic carbocycles. The molecule has 0 saturated carbocycles. The number of carbonyl (C=O) groups is 1. The van der Waals surface area contributed by atoms with E-state index in [-0.39, 0.29) is 18.5 Å². The molecule has 0 bridgehead atoms. The summed E-state index contributed by atoms with van der Waals surface area (Å²) in [6, 6.07) is 10.9. The average Bonchev–Trinajstić information content (AvgIpc) is 2.98. The number of benzene rings is 1. The molecule has 2 rings (SSSR count). The van der Waals surface area contributed by atoms with Gasteiger partial charge in [0.05, 0.1) is 18.4 Å². The average molecular weight is 282 g/mol. The van der Waals surface area contributed by atoms with Crippen LogP contribution in [0.1, 0.15) is 28.6 Å². The van der Waals surface area contributed by atoms with Crippen molar-refractivity contribution in [1.29, 1.82) is 0 Å². The molecule has 2 aromatic rings. The van der Waals surface area contributed by atoms with Crippen molar-refractivity contribution in [3.63, 3.8) is 0 Å². The Balaban J connectivity index is 2.06. The first-order valence-electron chi connectivity index (χ1n) is 6.82. The van der Waals surface area contributed by atoms with E-state index in [0.717, 1.165) is 5.76 Å². The van der Waals surface area contributed by atoms with Crippen molar-refractivity contribution < 1.29 is 9.21 Å². The van der Waals surface area contributed by atoms with Gasteiger partial charge in [0.25, 0.3) is 5.91 Å². The fraction of sp³-hybridized carbons (Fsp3) is 0.235. The van der Waals surface area contributed by atoms with Crippen molar-refractivity contribution in [3.05, 3.63) is 59.5 Å². The third-order valence-electron chi connectivity index (χ3n) is 2.96. The van der Waals surface area contributed by atoms with E-state index >= 15 is 0 Å². The Morgan fingerprint density at radius 3 is 2.86 bits per heavy atom. The van der Waals surface area contributed by atoms with Crippen LogP contribution in [0.3, 0.4) is 0 Å². The van der Waals surface area contributed by atoms with Crippen molar-refractivity contribution in [2.75, 3.05) is 6.54 Å². The molecule has 0 saturated heterocycles. The predicted octanol–water partition coefficient (Wildman–Crippen LogP) is 1.95. The second-order valence-corrected chi connectivity index (χ2v) is 4.71. The van der Waals surface area contributed by atoms with Gasteiger partial charge in [-0.05, 0) is 31.2 Å².